The number of hydrogen-bond acceptors (Lipinski definition) is 3. The molecule has 0 aliphatic heterocycles. The molecule has 1 aliphatic rings. The van der Waals surface area contributed by atoms with Gasteiger partial charge in [-0.05, 0) is 18.1 Å². The SMILES string of the molecule is C[C@@]1(C(=O)O)[C@@H](c2ccccc2)[C@@]1(C)c1ccc(-c2ncc(F)cn2)cc1. The topological polar surface area (TPSA) is 63.1 Å². The molecule has 0 radical (unpaired) electrons. The van der Waals surface area contributed by atoms with E-state index in [9.17, 15) is 14.3 Å². The highest BCUT2D eigenvalue weighted by Crippen LogP contribution is 2.74. The summed E-state index contributed by atoms with van der Waals surface area (Å²) in [5.41, 5.74) is 1.32. The van der Waals surface area contributed by atoms with Gasteiger partial charge in [0.25, 0.3) is 0 Å². The number of aromatic nitrogens is 2. The third-order valence-corrected chi connectivity index (χ3v) is 6.09. The van der Waals surface area contributed by atoms with Crippen LogP contribution in [0.1, 0.15) is 30.9 Å². The number of carboxylic acid groups (broad SMARTS) is 1. The maximum absolute atomic E-state index is 13.0. The molecule has 1 N–H and O–H groups in total. The van der Waals surface area contributed by atoms with Crippen LogP contribution in [0.4, 0.5) is 4.39 Å². The average molecular weight is 362 g/mol. The molecule has 2 aromatic carbocycles. The molecule has 1 saturated carbocycles. The van der Waals surface area contributed by atoms with Crippen molar-refractivity contribution < 1.29 is 14.3 Å². The summed E-state index contributed by atoms with van der Waals surface area (Å²) in [7, 11) is 0. The molecule has 136 valence electrons. The van der Waals surface area contributed by atoms with E-state index in [1.54, 1.807) is 0 Å². The molecule has 4 nitrogen and oxygen atoms in total. The second-order valence-corrected chi connectivity index (χ2v) is 7.36. The van der Waals surface area contributed by atoms with Gasteiger partial charge in [0.1, 0.15) is 0 Å². The van der Waals surface area contributed by atoms with Crippen LogP contribution in [0.25, 0.3) is 11.4 Å². The Morgan fingerprint density at radius 1 is 1.00 bits per heavy atom. The zero-order valence-electron chi connectivity index (χ0n) is 15.1. The number of halogens is 1. The lowest BCUT2D eigenvalue weighted by molar-refractivity contribution is -0.143. The van der Waals surface area contributed by atoms with Crippen molar-refractivity contribution in [1.82, 2.24) is 9.97 Å². The summed E-state index contributed by atoms with van der Waals surface area (Å²) < 4.78 is 13.0. The molecule has 0 bridgehead atoms. The highest BCUT2D eigenvalue weighted by molar-refractivity contribution is 5.85. The molecule has 0 unspecified atom stereocenters. The molecule has 1 aliphatic carbocycles. The van der Waals surface area contributed by atoms with E-state index in [0.29, 0.717) is 5.82 Å². The highest BCUT2D eigenvalue weighted by atomic mass is 19.1. The lowest BCUT2D eigenvalue weighted by Crippen LogP contribution is -2.21. The summed E-state index contributed by atoms with van der Waals surface area (Å²) in [4.78, 5) is 20.1. The minimum Gasteiger partial charge on any atom is -0.481 e. The fourth-order valence-electron chi connectivity index (χ4n) is 4.35. The van der Waals surface area contributed by atoms with Crippen molar-refractivity contribution in [3.8, 4) is 11.4 Å². The molecule has 1 heterocycles. The zero-order chi connectivity index (χ0) is 19.2. The van der Waals surface area contributed by atoms with Gasteiger partial charge in [-0.15, -0.1) is 0 Å². The Morgan fingerprint density at radius 3 is 2.15 bits per heavy atom. The molecule has 1 aromatic heterocycles. The first-order chi connectivity index (χ1) is 12.9. The molecule has 0 spiro atoms. The maximum Gasteiger partial charge on any atom is 0.310 e. The van der Waals surface area contributed by atoms with Crippen LogP contribution >= 0.6 is 0 Å². The van der Waals surface area contributed by atoms with Gasteiger partial charge in [-0.25, -0.2) is 14.4 Å². The van der Waals surface area contributed by atoms with E-state index in [1.807, 2.05) is 68.4 Å². The average Bonchev–Trinajstić information content (AvgIpc) is 3.21. The number of carboxylic acids is 1. The number of rotatable bonds is 4. The first-order valence-corrected chi connectivity index (χ1v) is 8.76. The van der Waals surface area contributed by atoms with E-state index in [4.69, 9.17) is 0 Å². The second-order valence-electron chi connectivity index (χ2n) is 7.36. The van der Waals surface area contributed by atoms with Gasteiger partial charge in [0.05, 0.1) is 17.8 Å². The van der Waals surface area contributed by atoms with E-state index >= 15 is 0 Å². The molecule has 1 fully saturated rings. The summed E-state index contributed by atoms with van der Waals surface area (Å²) in [6.07, 6.45) is 2.26. The molecular formula is C22H19FN2O2. The Kier molecular flexibility index (Phi) is 3.84. The Balaban J connectivity index is 1.73. The summed E-state index contributed by atoms with van der Waals surface area (Å²) in [6, 6.07) is 17.3. The van der Waals surface area contributed by atoms with E-state index in [-0.39, 0.29) is 5.92 Å². The van der Waals surface area contributed by atoms with Crippen molar-refractivity contribution >= 4 is 5.97 Å². The van der Waals surface area contributed by atoms with Gasteiger partial charge in [0.2, 0.25) is 0 Å². The van der Waals surface area contributed by atoms with Crippen LogP contribution in [0.15, 0.2) is 67.0 Å². The summed E-state index contributed by atoms with van der Waals surface area (Å²) >= 11 is 0. The lowest BCUT2D eigenvalue weighted by Gasteiger charge is -2.16. The van der Waals surface area contributed by atoms with E-state index in [0.717, 1.165) is 29.1 Å². The smallest absolute Gasteiger partial charge is 0.310 e. The molecule has 3 aromatic rings. The maximum atomic E-state index is 13.0. The van der Waals surface area contributed by atoms with Crippen molar-refractivity contribution in [3.63, 3.8) is 0 Å². The standard InChI is InChI=1S/C22H19FN2O2/c1-21(18(22(21,2)20(26)27)14-6-4-3-5-7-14)16-10-8-15(9-11-16)19-24-12-17(23)13-25-19/h3-13,18H,1-2H3,(H,26,27)/t18-,21+,22-/m0/s1. The minimum atomic E-state index is -0.887. The largest absolute Gasteiger partial charge is 0.481 e. The van der Waals surface area contributed by atoms with Crippen LogP contribution in [0.3, 0.4) is 0 Å². The fraction of sp³-hybridized carbons (Fsp3) is 0.227. The van der Waals surface area contributed by atoms with E-state index in [1.165, 1.54) is 0 Å². The number of aliphatic carboxylic acids is 1. The third-order valence-electron chi connectivity index (χ3n) is 6.09. The summed E-state index contributed by atoms with van der Waals surface area (Å²) in [5.74, 6) is -0.963. The van der Waals surface area contributed by atoms with Gasteiger partial charge in [-0.3, -0.25) is 4.79 Å². The number of hydrogen-bond donors (Lipinski definition) is 1. The Labute approximate surface area is 156 Å². The van der Waals surface area contributed by atoms with E-state index < -0.39 is 22.6 Å². The molecule has 3 atom stereocenters. The van der Waals surface area contributed by atoms with Crippen LogP contribution in [-0.4, -0.2) is 21.0 Å². The summed E-state index contributed by atoms with van der Waals surface area (Å²) in [6.45, 7) is 3.81. The second kappa shape index (κ2) is 5.98. The number of carbonyl (C=O) groups is 1. The van der Waals surface area contributed by atoms with Crippen molar-refractivity contribution in [3.05, 3.63) is 83.9 Å². The molecule has 0 saturated heterocycles. The molecule has 0 amide bonds. The van der Waals surface area contributed by atoms with Gasteiger partial charge in [-0.2, -0.15) is 0 Å². The van der Waals surface area contributed by atoms with Gasteiger partial charge < -0.3 is 5.11 Å². The van der Waals surface area contributed by atoms with E-state index in [2.05, 4.69) is 9.97 Å². The van der Waals surface area contributed by atoms with Gasteiger partial charge in [0, 0.05) is 16.9 Å². The fourth-order valence-corrected chi connectivity index (χ4v) is 4.35. The summed E-state index contributed by atoms with van der Waals surface area (Å²) in [5, 5.41) is 9.94. The van der Waals surface area contributed by atoms with Crippen molar-refractivity contribution in [2.75, 3.05) is 0 Å². The van der Waals surface area contributed by atoms with Crippen LogP contribution < -0.4 is 0 Å². The zero-order valence-corrected chi connectivity index (χ0v) is 15.1. The first-order valence-electron chi connectivity index (χ1n) is 8.76. The predicted octanol–water partition coefficient (Wildman–Crippen LogP) is 4.43. The van der Waals surface area contributed by atoms with Crippen molar-refractivity contribution in [2.45, 2.75) is 25.2 Å². The monoisotopic (exact) mass is 362 g/mol. The van der Waals surface area contributed by atoms with Crippen LogP contribution in [0.5, 0.6) is 0 Å². The Bertz CT molecular complexity index is 989. The van der Waals surface area contributed by atoms with Crippen LogP contribution in [0.2, 0.25) is 0 Å². The first kappa shape index (κ1) is 17.3. The number of nitrogens with zero attached hydrogens (tertiary/aromatic N) is 2. The van der Waals surface area contributed by atoms with Crippen molar-refractivity contribution in [2.24, 2.45) is 5.41 Å². The predicted molar refractivity (Wildman–Crippen MR) is 99.7 cm³/mol. The Morgan fingerprint density at radius 2 is 1.59 bits per heavy atom. The van der Waals surface area contributed by atoms with Crippen molar-refractivity contribution in [1.29, 1.82) is 0 Å². The van der Waals surface area contributed by atoms with Crippen LogP contribution in [0, 0.1) is 11.2 Å². The third kappa shape index (κ3) is 2.46. The molecule has 4 rings (SSSR count). The van der Waals surface area contributed by atoms with Gasteiger partial charge in [-0.1, -0.05) is 61.5 Å². The normalized spacial score (nSPS) is 26.6. The number of benzene rings is 2. The Hall–Kier alpha value is -3.08. The minimum absolute atomic E-state index is 0.114. The van der Waals surface area contributed by atoms with Gasteiger partial charge in [0.15, 0.2) is 11.6 Å². The van der Waals surface area contributed by atoms with Crippen LogP contribution in [-0.2, 0) is 10.2 Å². The van der Waals surface area contributed by atoms with Gasteiger partial charge >= 0.3 is 5.97 Å². The lowest BCUT2D eigenvalue weighted by atomic mass is 9.88. The quantitative estimate of drug-likeness (QED) is 0.746. The molecular weight excluding hydrogens is 343 g/mol. The molecule has 5 heteroatoms. The molecule has 27 heavy (non-hydrogen) atoms. The highest BCUT2D eigenvalue weighted by Gasteiger charge is 2.76.